The Morgan fingerprint density at radius 3 is 1.30 bits per heavy atom. The molecular weight excluding hydrogens is 1010 g/mol. The van der Waals surface area contributed by atoms with E-state index in [4.69, 9.17) is 14.2 Å². The van der Waals surface area contributed by atoms with Gasteiger partial charge < -0.3 is 45.1 Å². The van der Waals surface area contributed by atoms with Gasteiger partial charge in [-0.3, -0.25) is 9.59 Å². The van der Waals surface area contributed by atoms with Gasteiger partial charge in [-0.15, -0.1) is 0 Å². The van der Waals surface area contributed by atoms with Gasteiger partial charge in [0.25, 0.3) is 0 Å². The molecule has 1 amide bonds. The maximum Gasteiger partial charge on any atom is 0.306 e. The summed E-state index contributed by atoms with van der Waals surface area (Å²) in [5.41, 5.74) is 0. The predicted molar refractivity (Wildman–Crippen MR) is 338 cm³/mol. The van der Waals surface area contributed by atoms with Crippen LogP contribution < -0.4 is 5.32 Å². The first-order valence-corrected chi connectivity index (χ1v) is 34.4. The van der Waals surface area contributed by atoms with E-state index in [2.05, 4.69) is 62.5 Å². The topological polar surface area (TPSA) is 175 Å². The molecule has 11 nitrogen and oxygen atoms in total. The minimum Gasteiger partial charge on any atom is -0.454 e. The highest BCUT2D eigenvalue weighted by Crippen LogP contribution is 2.26. The van der Waals surface area contributed by atoms with Gasteiger partial charge >= 0.3 is 5.97 Å². The summed E-state index contributed by atoms with van der Waals surface area (Å²) in [4.78, 5) is 26.6. The quantitative estimate of drug-likeness (QED) is 0.0149. The lowest BCUT2D eigenvalue weighted by Crippen LogP contribution is -2.61. The number of nitrogens with one attached hydrogen (secondary N) is 1. The summed E-state index contributed by atoms with van der Waals surface area (Å²) in [7, 11) is 0. The predicted octanol–water partition coefficient (Wildman–Crippen LogP) is 17.2. The monoisotopic (exact) mass is 1140 g/mol. The van der Waals surface area contributed by atoms with Crippen LogP contribution in [-0.2, 0) is 23.8 Å². The molecule has 1 fully saturated rings. The first-order valence-electron chi connectivity index (χ1n) is 34.4. The molecule has 8 atom stereocenters. The van der Waals surface area contributed by atoms with E-state index in [0.717, 1.165) is 83.5 Å². The Labute approximate surface area is 497 Å². The summed E-state index contributed by atoms with van der Waals surface area (Å²) in [5, 5.41) is 57.2. The van der Waals surface area contributed by atoms with Crippen LogP contribution in [0.1, 0.15) is 323 Å². The minimum absolute atomic E-state index is 0.111. The first kappa shape index (κ1) is 76.6. The normalized spacial score (nSPS) is 18.9. The molecule has 1 aliphatic heterocycles. The SMILES string of the molecule is CCCCC/C=C/C=C/CCCCCCCCC(=O)OC1C(OCC(NC(=O)C(O)CCCCCCCCCCCCCCCC/C=C/CCCCCCCC)C(O)/C=C/CCCCCCCCCCCCC)OC(CO)C(O)C1O. The second kappa shape index (κ2) is 58.0. The number of carbonyl (C=O) groups is 2. The number of esters is 1. The van der Waals surface area contributed by atoms with E-state index in [1.165, 1.54) is 193 Å². The van der Waals surface area contributed by atoms with Crippen molar-refractivity contribution in [3.63, 3.8) is 0 Å². The fourth-order valence-electron chi connectivity index (χ4n) is 10.8. The van der Waals surface area contributed by atoms with Crippen molar-refractivity contribution >= 4 is 11.9 Å². The summed E-state index contributed by atoms with van der Waals surface area (Å²) in [6.45, 7) is 5.78. The third-order valence-corrected chi connectivity index (χ3v) is 16.2. The van der Waals surface area contributed by atoms with Crippen molar-refractivity contribution in [2.45, 2.75) is 372 Å². The zero-order valence-electron chi connectivity index (χ0n) is 52.7. The lowest BCUT2D eigenvalue weighted by atomic mass is 9.99. The van der Waals surface area contributed by atoms with Crippen molar-refractivity contribution in [2.24, 2.45) is 0 Å². The van der Waals surface area contributed by atoms with Crippen LogP contribution in [0.25, 0.3) is 0 Å². The molecule has 11 heteroatoms. The second-order valence-corrected chi connectivity index (χ2v) is 23.9. The fraction of sp³-hybridized carbons (Fsp3) is 0.857. The first-order chi connectivity index (χ1) is 39.7. The van der Waals surface area contributed by atoms with Crippen molar-refractivity contribution in [1.29, 1.82) is 0 Å². The van der Waals surface area contributed by atoms with E-state index < -0.39 is 67.4 Å². The Morgan fingerprint density at radius 1 is 0.481 bits per heavy atom. The Kier molecular flexibility index (Phi) is 54.9. The smallest absolute Gasteiger partial charge is 0.306 e. The van der Waals surface area contributed by atoms with Crippen LogP contribution in [0.4, 0.5) is 0 Å². The van der Waals surface area contributed by atoms with E-state index in [-0.39, 0.29) is 13.0 Å². The standard InChI is InChI=1S/C70H129NO10/c1-4-7-10-13-16-19-22-25-27-28-29-30-31-32-33-34-35-37-39-42-45-48-51-54-57-63(74)69(78)71-61(62(73)56-53-50-47-44-41-38-24-21-18-15-12-9-6-3)60-79-70-68(67(77)66(76)64(59-72)80-70)81-65(75)58-55-52-49-46-43-40-36-26-23-20-17-14-11-8-5-2/h17,20,23,25-27,53,56,61-64,66-68,70,72-74,76-77H,4-16,18-19,21-22,24,28-52,54-55,57-60H2,1-3H3,(H,71,78)/b20-17+,26-23+,27-25+,56-53+. The third kappa shape index (κ3) is 45.6. The molecule has 0 saturated carbocycles. The number of aliphatic hydroxyl groups excluding tert-OH is 5. The molecule has 1 saturated heterocycles. The number of unbranched alkanes of at least 4 members (excludes halogenated alkanes) is 40. The molecule has 1 rings (SSSR count). The molecule has 0 aliphatic carbocycles. The fourth-order valence-corrected chi connectivity index (χ4v) is 10.8. The second-order valence-electron chi connectivity index (χ2n) is 23.9. The zero-order chi connectivity index (χ0) is 58.9. The van der Waals surface area contributed by atoms with E-state index in [1.54, 1.807) is 6.08 Å². The summed E-state index contributed by atoms with van der Waals surface area (Å²) in [5.74, 6) is -1.20. The van der Waals surface area contributed by atoms with Crippen LogP contribution in [0, 0.1) is 0 Å². The van der Waals surface area contributed by atoms with Crippen molar-refractivity contribution in [3.8, 4) is 0 Å². The molecule has 0 aromatic carbocycles. The van der Waals surface area contributed by atoms with Crippen molar-refractivity contribution in [3.05, 3.63) is 48.6 Å². The van der Waals surface area contributed by atoms with Gasteiger partial charge in [-0.2, -0.15) is 0 Å². The number of hydrogen-bond donors (Lipinski definition) is 6. The number of amides is 1. The molecular formula is C70H129NO10. The Bertz CT molecular complexity index is 1500. The van der Waals surface area contributed by atoms with Crippen molar-refractivity contribution in [2.75, 3.05) is 13.2 Å². The maximum absolute atomic E-state index is 13.5. The van der Waals surface area contributed by atoms with Gasteiger partial charge in [-0.05, 0) is 77.0 Å². The van der Waals surface area contributed by atoms with Crippen LogP contribution in [-0.4, -0.2) is 99.6 Å². The van der Waals surface area contributed by atoms with Gasteiger partial charge in [0.2, 0.25) is 5.91 Å². The molecule has 1 heterocycles. The van der Waals surface area contributed by atoms with E-state index in [1.807, 2.05) is 6.08 Å². The van der Waals surface area contributed by atoms with Gasteiger partial charge in [0.15, 0.2) is 12.4 Å². The van der Waals surface area contributed by atoms with Crippen LogP contribution >= 0.6 is 0 Å². The van der Waals surface area contributed by atoms with Crippen LogP contribution in [0.15, 0.2) is 48.6 Å². The molecule has 474 valence electrons. The maximum atomic E-state index is 13.5. The van der Waals surface area contributed by atoms with Crippen molar-refractivity contribution in [1.82, 2.24) is 5.32 Å². The highest BCUT2D eigenvalue weighted by atomic mass is 16.7. The Morgan fingerprint density at radius 2 is 0.852 bits per heavy atom. The Hall–Kier alpha value is -2.38. The minimum atomic E-state index is -1.62. The van der Waals surface area contributed by atoms with Gasteiger partial charge in [-0.1, -0.05) is 288 Å². The number of rotatable bonds is 59. The highest BCUT2D eigenvalue weighted by molar-refractivity contribution is 5.80. The molecule has 8 unspecified atom stereocenters. The number of ether oxygens (including phenoxy) is 3. The Balaban J connectivity index is 2.60. The molecule has 0 bridgehead atoms. The van der Waals surface area contributed by atoms with Gasteiger partial charge in [0, 0.05) is 6.42 Å². The van der Waals surface area contributed by atoms with Crippen LogP contribution in [0.5, 0.6) is 0 Å². The lowest BCUT2D eigenvalue weighted by molar-refractivity contribution is -0.305. The van der Waals surface area contributed by atoms with E-state index >= 15 is 0 Å². The highest BCUT2D eigenvalue weighted by Gasteiger charge is 2.47. The molecule has 81 heavy (non-hydrogen) atoms. The number of carbonyl (C=O) groups excluding carboxylic acids is 2. The lowest BCUT2D eigenvalue weighted by Gasteiger charge is -2.41. The number of aliphatic hydroxyl groups is 5. The molecule has 6 N–H and O–H groups in total. The summed E-state index contributed by atoms with van der Waals surface area (Å²) < 4.78 is 17.7. The molecule has 0 radical (unpaired) electrons. The largest absolute Gasteiger partial charge is 0.454 e. The summed E-state index contributed by atoms with van der Waals surface area (Å²) >= 11 is 0. The number of hydrogen-bond acceptors (Lipinski definition) is 10. The average molecular weight is 1140 g/mol. The van der Waals surface area contributed by atoms with Crippen LogP contribution in [0.3, 0.4) is 0 Å². The van der Waals surface area contributed by atoms with Crippen LogP contribution in [0.2, 0.25) is 0 Å². The van der Waals surface area contributed by atoms with E-state index in [9.17, 15) is 35.1 Å². The molecule has 0 aromatic rings. The van der Waals surface area contributed by atoms with Gasteiger partial charge in [0.1, 0.15) is 24.4 Å². The summed E-state index contributed by atoms with van der Waals surface area (Å²) in [6.07, 6.45) is 61.5. The van der Waals surface area contributed by atoms with Gasteiger partial charge in [0.05, 0.1) is 25.4 Å². The molecule has 0 spiro atoms. The zero-order valence-corrected chi connectivity index (χ0v) is 52.7. The molecule has 1 aliphatic rings. The molecule has 0 aromatic heterocycles. The van der Waals surface area contributed by atoms with E-state index in [0.29, 0.717) is 19.3 Å². The third-order valence-electron chi connectivity index (χ3n) is 16.2. The van der Waals surface area contributed by atoms with Gasteiger partial charge in [-0.25, -0.2) is 0 Å². The number of allylic oxidation sites excluding steroid dienone is 7. The average Bonchev–Trinajstić information content (AvgIpc) is 3.53. The van der Waals surface area contributed by atoms with Crippen molar-refractivity contribution < 1.29 is 49.3 Å². The summed E-state index contributed by atoms with van der Waals surface area (Å²) in [6, 6.07) is -1.03.